The van der Waals surface area contributed by atoms with Crippen LogP contribution in [0.4, 0.5) is 4.79 Å². The first kappa shape index (κ1) is 16.5. The van der Waals surface area contributed by atoms with Gasteiger partial charge >= 0.3 is 6.09 Å². The third-order valence-corrected chi connectivity index (χ3v) is 5.09. The number of piperidine rings is 1. The summed E-state index contributed by atoms with van der Waals surface area (Å²) in [4.78, 5) is 26.5. The number of nitrogens with zero attached hydrogens (tertiary/aromatic N) is 1. The molecule has 2 fully saturated rings. The molecule has 0 aromatic heterocycles. The van der Waals surface area contributed by atoms with Gasteiger partial charge in [0.1, 0.15) is 6.04 Å². The minimum atomic E-state index is -0.554. The van der Waals surface area contributed by atoms with Gasteiger partial charge < -0.3 is 15.0 Å². The Hall–Kier alpha value is -0.910. The lowest BCUT2D eigenvalue weighted by Gasteiger charge is -2.40. The van der Waals surface area contributed by atoms with Crippen LogP contribution >= 0.6 is 12.6 Å². The van der Waals surface area contributed by atoms with Crippen LogP contribution in [0, 0.1) is 11.8 Å². The standard InChI is InChI=1S/C15H26N2O3S/c1-8(2)12(16-15(19)20-4)14(18)17-11-6-5-10(7-11)13(17)9(3)21/h8-13,21H,5-7H2,1-4H3,(H,16,19)/t9?,10?,11?,12-,13?/m0/s1. The molecule has 1 aliphatic carbocycles. The number of methoxy groups -OCH3 is 1. The van der Waals surface area contributed by atoms with Gasteiger partial charge in [-0.3, -0.25) is 4.79 Å². The smallest absolute Gasteiger partial charge is 0.407 e. The van der Waals surface area contributed by atoms with Crippen LogP contribution in [0.3, 0.4) is 0 Å². The Labute approximate surface area is 132 Å². The predicted molar refractivity (Wildman–Crippen MR) is 84.4 cm³/mol. The fourth-order valence-corrected chi connectivity index (χ4v) is 4.23. The summed E-state index contributed by atoms with van der Waals surface area (Å²) in [5, 5.41) is 2.83. The molecule has 6 heteroatoms. The normalized spacial score (nSPS) is 30.4. The van der Waals surface area contributed by atoms with Crippen molar-refractivity contribution in [3.8, 4) is 0 Å². The van der Waals surface area contributed by atoms with E-state index in [1.807, 2.05) is 25.7 Å². The average molecular weight is 314 g/mol. The van der Waals surface area contributed by atoms with Gasteiger partial charge in [0.05, 0.1) is 7.11 Å². The number of likely N-dealkylation sites (tertiary alicyclic amines) is 1. The molecular weight excluding hydrogens is 288 g/mol. The van der Waals surface area contributed by atoms with Gasteiger partial charge in [-0.05, 0) is 31.1 Å². The first-order chi connectivity index (χ1) is 9.86. The second kappa shape index (κ2) is 6.46. The third kappa shape index (κ3) is 3.15. The minimum absolute atomic E-state index is 0.00787. The van der Waals surface area contributed by atoms with Gasteiger partial charge in [0, 0.05) is 17.3 Å². The van der Waals surface area contributed by atoms with E-state index < -0.39 is 12.1 Å². The van der Waals surface area contributed by atoms with E-state index in [0.717, 1.165) is 12.8 Å². The zero-order chi connectivity index (χ0) is 15.7. The van der Waals surface area contributed by atoms with Crippen LogP contribution in [0.5, 0.6) is 0 Å². The van der Waals surface area contributed by atoms with E-state index in [9.17, 15) is 9.59 Å². The lowest BCUT2D eigenvalue weighted by Crippen LogP contribution is -2.57. The highest BCUT2D eigenvalue weighted by Crippen LogP contribution is 2.45. The molecule has 5 atom stereocenters. The van der Waals surface area contributed by atoms with Crippen molar-refractivity contribution >= 4 is 24.6 Å². The van der Waals surface area contributed by atoms with Gasteiger partial charge in [0.2, 0.25) is 5.91 Å². The number of carbonyl (C=O) groups is 2. The molecule has 21 heavy (non-hydrogen) atoms. The van der Waals surface area contributed by atoms with Crippen molar-refractivity contribution in [3.63, 3.8) is 0 Å². The van der Waals surface area contributed by atoms with E-state index in [-0.39, 0.29) is 23.1 Å². The van der Waals surface area contributed by atoms with Gasteiger partial charge in [0.25, 0.3) is 0 Å². The van der Waals surface area contributed by atoms with E-state index in [2.05, 4.69) is 22.7 Å². The molecule has 1 saturated carbocycles. The van der Waals surface area contributed by atoms with E-state index in [1.165, 1.54) is 13.5 Å². The van der Waals surface area contributed by atoms with Crippen LogP contribution in [0.25, 0.3) is 0 Å². The van der Waals surface area contributed by atoms with Crippen molar-refractivity contribution in [3.05, 3.63) is 0 Å². The fourth-order valence-electron chi connectivity index (χ4n) is 3.84. The molecule has 2 bridgehead atoms. The molecule has 0 aromatic rings. The number of hydrogen-bond donors (Lipinski definition) is 2. The van der Waals surface area contributed by atoms with Gasteiger partial charge in [-0.25, -0.2) is 4.79 Å². The zero-order valence-electron chi connectivity index (χ0n) is 13.2. The molecule has 1 N–H and O–H groups in total. The maximum absolute atomic E-state index is 13.0. The molecule has 2 aliphatic rings. The summed E-state index contributed by atoms with van der Waals surface area (Å²) in [6, 6.07) is -0.0468. The number of ether oxygens (including phenoxy) is 1. The maximum Gasteiger partial charge on any atom is 0.407 e. The van der Waals surface area contributed by atoms with Gasteiger partial charge in [-0.1, -0.05) is 20.8 Å². The number of nitrogens with one attached hydrogen (secondary N) is 1. The monoisotopic (exact) mass is 314 g/mol. The summed E-state index contributed by atoms with van der Waals surface area (Å²) in [5.41, 5.74) is 0. The number of alkyl carbamates (subject to hydrolysis) is 1. The molecule has 2 rings (SSSR count). The summed E-state index contributed by atoms with van der Waals surface area (Å²) >= 11 is 4.58. The Morgan fingerprint density at radius 2 is 1.95 bits per heavy atom. The minimum Gasteiger partial charge on any atom is -0.453 e. The summed E-state index contributed by atoms with van der Waals surface area (Å²) in [5.74, 6) is 0.581. The van der Waals surface area contributed by atoms with Crippen LogP contribution in [0.2, 0.25) is 0 Å². The molecule has 120 valence electrons. The van der Waals surface area contributed by atoms with Crippen LogP contribution in [-0.2, 0) is 9.53 Å². The Morgan fingerprint density at radius 3 is 2.48 bits per heavy atom. The highest BCUT2D eigenvalue weighted by atomic mass is 32.1. The number of thiol groups is 1. The predicted octanol–water partition coefficient (Wildman–Crippen LogP) is 2.06. The molecule has 1 aliphatic heterocycles. The Bertz CT molecular complexity index is 414. The van der Waals surface area contributed by atoms with Crippen molar-refractivity contribution in [1.29, 1.82) is 0 Å². The van der Waals surface area contributed by atoms with Crippen molar-refractivity contribution in [2.75, 3.05) is 7.11 Å². The number of amides is 2. The topological polar surface area (TPSA) is 58.6 Å². The average Bonchev–Trinajstić information content (AvgIpc) is 3.03. The van der Waals surface area contributed by atoms with Crippen LogP contribution < -0.4 is 5.32 Å². The van der Waals surface area contributed by atoms with Crippen LogP contribution in [0.15, 0.2) is 0 Å². The van der Waals surface area contributed by atoms with E-state index >= 15 is 0 Å². The molecule has 0 aromatic carbocycles. The van der Waals surface area contributed by atoms with E-state index in [0.29, 0.717) is 12.0 Å². The van der Waals surface area contributed by atoms with E-state index in [1.54, 1.807) is 0 Å². The summed E-state index contributed by atoms with van der Waals surface area (Å²) in [6.45, 7) is 5.92. The van der Waals surface area contributed by atoms with Gasteiger partial charge in [-0.15, -0.1) is 0 Å². The molecular formula is C15H26N2O3S. The molecule has 0 spiro atoms. The van der Waals surface area contributed by atoms with E-state index in [4.69, 9.17) is 0 Å². The Kier molecular flexibility index (Phi) is 5.07. The summed E-state index contributed by atoms with van der Waals surface area (Å²) in [6.07, 6.45) is 2.77. The number of fused-ring (bicyclic) bond motifs is 2. The number of carbonyl (C=O) groups excluding carboxylic acids is 2. The fraction of sp³-hybridized carbons (Fsp3) is 0.867. The lowest BCUT2D eigenvalue weighted by molar-refractivity contribution is -0.138. The molecule has 1 saturated heterocycles. The van der Waals surface area contributed by atoms with Crippen LogP contribution in [0.1, 0.15) is 40.0 Å². The van der Waals surface area contributed by atoms with Crippen molar-refractivity contribution in [1.82, 2.24) is 10.2 Å². The summed E-state index contributed by atoms with van der Waals surface area (Å²) in [7, 11) is 1.31. The Balaban J connectivity index is 2.17. The van der Waals surface area contributed by atoms with Crippen molar-refractivity contribution < 1.29 is 14.3 Å². The molecule has 1 heterocycles. The number of rotatable bonds is 4. The zero-order valence-corrected chi connectivity index (χ0v) is 14.1. The highest BCUT2D eigenvalue weighted by Gasteiger charge is 2.50. The quantitative estimate of drug-likeness (QED) is 0.781. The maximum atomic E-state index is 13.0. The Morgan fingerprint density at radius 1 is 1.29 bits per heavy atom. The van der Waals surface area contributed by atoms with Crippen LogP contribution in [-0.4, -0.2) is 47.4 Å². The summed E-state index contributed by atoms with van der Waals surface area (Å²) < 4.78 is 4.64. The van der Waals surface area contributed by atoms with Gasteiger partial charge in [-0.2, -0.15) is 12.6 Å². The van der Waals surface area contributed by atoms with Crippen molar-refractivity contribution in [2.24, 2.45) is 11.8 Å². The SMILES string of the molecule is COC(=O)N[C@H](C(=O)N1C2CCC(C2)C1C(C)S)C(C)C. The third-order valence-electron chi connectivity index (χ3n) is 4.78. The second-order valence-electron chi connectivity index (χ2n) is 6.56. The molecule has 2 amide bonds. The molecule has 5 nitrogen and oxygen atoms in total. The lowest BCUT2D eigenvalue weighted by atomic mass is 9.94. The molecule has 0 radical (unpaired) electrons. The second-order valence-corrected chi connectivity index (χ2v) is 7.38. The van der Waals surface area contributed by atoms with Gasteiger partial charge in [0.15, 0.2) is 0 Å². The highest BCUT2D eigenvalue weighted by molar-refractivity contribution is 7.81. The number of hydrogen-bond acceptors (Lipinski definition) is 4. The van der Waals surface area contributed by atoms with Crippen molar-refractivity contribution in [2.45, 2.75) is 63.4 Å². The first-order valence-electron chi connectivity index (χ1n) is 7.71. The largest absolute Gasteiger partial charge is 0.453 e. The first-order valence-corrected chi connectivity index (χ1v) is 8.23. The molecule has 4 unspecified atom stereocenters.